The minimum Gasteiger partial charge on any atom is -0.335 e. The Morgan fingerprint density at radius 2 is 2.33 bits per heavy atom. The Hall–Kier alpha value is -0.980. The zero-order valence-corrected chi connectivity index (χ0v) is 11.9. The molecule has 1 fully saturated rings. The van der Waals surface area contributed by atoms with E-state index in [1.54, 1.807) is 5.38 Å². The molecular weight excluding hydrogens is 248 g/mol. The van der Waals surface area contributed by atoms with E-state index in [0.717, 1.165) is 18.1 Å². The lowest BCUT2D eigenvalue weighted by molar-refractivity contribution is 0.0776. The minimum atomic E-state index is 0.0298. The Balaban J connectivity index is 2.07. The predicted molar refractivity (Wildman–Crippen MR) is 72.5 cm³/mol. The van der Waals surface area contributed by atoms with Gasteiger partial charge in [0.05, 0.1) is 0 Å². The van der Waals surface area contributed by atoms with Crippen LogP contribution in [-0.2, 0) is 6.54 Å². The van der Waals surface area contributed by atoms with Gasteiger partial charge in [-0.1, -0.05) is 6.92 Å². The summed E-state index contributed by atoms with van der Waals surface area (Å²) in [6.07, 6.45) is 0. The lowest BCUT2D eigenvalue weighted by Crippen LogP contribution is -2.35. The van der Waals surface area contributed by atoms with Crippen molar-refractivity contribution in [1.29, 1.82) is 0 Å². The molecule has 1 amide bonds. The van der Waals surface area contributed by atoms with E-state index in [2.05, 4.69) is 30.9 Å². The topological polar surface area (TPSA) is 62.5 Å². The fourth-order valence-corrected chi connectivity index (χ4v) is 3.10. The first-order chi connectivity index (χ1) is 8.52. The number of amides is 1. The molecule has 1 aromatic rings. The monoisotopic (exact) mass is 268 g/mol. The molecule has 0 saturated carbocycles. The highest BCUT2D eigenvalue weighted by molar-refractivity contribution is 7.09. The van der Waals surface area contributed by atoms with Gasteiger partial charge >= 0.3 is 0 Å². The number of carbonyl (C=O) groups is 1. The van der Waals surface area contributed by atoms with E-state index in [0.29, 0.717) is 24.2 Å². The quantitative estimate of drug-likeness (QED) is 0.873. The van der Waals surface area contributed by atoms with E-state index >= 15 is 0 Å². The van der Waals surface area contributed by atoms with Gasteiger partial charge in [-0.05, 0) is 20.0 Å². The van der Waals surface area contributed by atoms with Crippen molar-refractivity contribution in [3.8, 4) is 0 Å². The lowest BCUT2D eigenvalue weighted by Gasteiger charge is -2.22. The second kappa shape index (κ2) is 5.34. The van der Waals surface area contributed by atoms with Crippen LogP contribution in [0, 0.1) is 5.92 Å². The van der Waals surface area contributed by atoms with Crippen molar-refractivity contribution in [1.82, 2.24) is 14.8 Å². The molecule has 1 aliphatic rings. The van der Waals surface area contributed by atoms with E-state index in [4.69, 9.17) is 5.73 Å². The summed E-state index contributed by atoms with van der Waals surface area (Å²) in [7, 11) is 4.12. The summed E-state index contributed by atoms with van der Waals surface area (Å²) in [5.74, 6) is 0.527. The molecule has 0 spiro atoms. The third-order valence-corrected chi connectivity index (χ3v) is 4.34. The third kappa shape index (κ3) is 2.55. The number of likely N-dealkylation sites (N-methyl/N-ethyl adjacent to an activating group) is 1. The van der Waals surface area contributed by atoms with Gasteiger partial charge in [0, 0.05) is 31.1 Å². The average molecular weight is 268 g/mol. The van der Waals surface area contributed by atoms with Gasteiger partial charge in [0.2, 0.25) is 0 Å². The molecule has 5 nitrogen and oxygen atoms in total. The third-order valence-electron chi connectivity index (χ3n) is 3.47. The maximum Gasteiger partial charge on any atom is 0.273 e. The Bertz CT molecular complexity index is 431. The Morgan fingerprint density at radius 1 is 1.61 bits per heavy atom. The van der Waals surface area contributed by atoms with Crippen LogP contribution in [0.2, 0.25) is 0 Å². The van der Waals surface area contributed by atoms with Gasteiger partial charge in [-0.15, -0.1) is 11.3 Å². The highest BCUT2D eigenvalue weighted by Crippen LogP contribution is 2.22. The van der Waals surface area contributed by atoms with Crippen LogP contribution in [0.1, 0.15) is 22.4 Å². The van der Waals surface area contributed by atoms with Crippen LogP contribution < -0.4 is 5.73 Å². The van der Waals surface area contributed by atoms with Crippen LogP contribution in [-0.4, -0.2) is 53.9 Å². The number of thiazole rings is 1. The van der Waals surface area contributed by atoms with Crippen molar-refractivity contribution in [2.24, 2.45) is 11.7 Å². The molecule has 1 aliphatic heterocycles. The molecule has 0 radical (unpaired) electrons. The van der Waals surface area contributed by atoms with Gasteiger partial charge in [-0.2, -0.15) is 0 Å². The number of hydrogen-bond acceptors (Lipinski definition) is 5. The van der Waals surface area contributed by atoms with Crippen molar-refractivity contribution in [2.45, 2.75) is 19.5 Å². The zero-order valence-electron chi connectivity index (χ0n) is 11.1. The van der Waals surface area contributed by atoms with Crippen LogP contribution in [0.15, 0.2) is 5.38 Å². The molecule has 1 aromatic heterocycles. The number of likely N-dealkylation sites (tertiary alicyclic amines) is 1. The largest absolute Gasteiger partial charge is 0.335 e. The molecule has 0 aromatic carbocycles. The number of hydrogen-bond donors (Lipinski definition) is 1. The molecule has 6 heteroatoms. The zero-order chi connectivity index (χ0) is 13.3. The summed E-state index contributed by atoms with van der Waals surface area (Å²) < 4.78 is 0. The first-order valence-corrected chi connectivity index (χ1v) is 7.01. The molecule has 2 heterocycles. The summed E-state index contributed by atoms with van der Waals surface area (Å²) in [6.45, 7) is 4.17. The second-order valence-electron chi connectivity index (χ2n) is 5.05. The number of aromatic nitrogens is 1. The van der Waals surface area contributed by atoms with Gasteiger partial charge in [-0.25, -0.2) is 4.98 Å². The van der Waals surface area contributed by atoms with Crippen LogP contribution >= 0.6 is 11.3 Å². The SMILES string of the molecule is CC1CN(C(=O)c2csc(CN)n2)CC1N(C)C. The highest BCUT2D eigenvalue weighted by Gasteiger charge is 2.34. The number of rotatable bonds is 3. The average Bonchev–Trinajstić information content (AvgIpc) is 2.94. The Labute approximate surface area is 112 Å². The molecule has 100 valence electrons. The van der Waals surface area contributed by atoms with Crippen LogP contribution in [0.4, 0.5) is 0 Å². The molecular formula is C12H20N4OS. The van der Waals surface area contributed by atoms with E-state index in [-0.39, 0.29) is 5.91 Å². The van der Waals surface area contributed by atoms with E-state index in [1.165, 1.54) is 11.3 Å². The molecule has 2 atom stereocenters. The van der Waals surface area contributed by atoms with Crippen molar-refractivity contribution < 1.29 is 4.79 Å². The normalized spacial score (nSPS) is 23.9. The number of nitrogens with zero attached hydrogens (tertiary/aromatic N) is 3. The first kappa shape index (κ1) is 13.5. The predicted octanol–water partition coefficient (Wildman–Crippen LogP) is 0.624. The summed E-state index contributed by atoms with van der Waals surface area (Å²) in [5, 5.41) is 2.62. The lowest BCUT2D eigenvalue weighted by atomic mass is 10.1. The van der Waals surface area contributed by atoms with Crippen LogP contribution in [0.5, 0.6) is 0 Å². The second-order valence-corrected chi connectivity index (χ2v) is 5.99. The molecule has 1 saturated heterocycles. The number of nitrogens with two attached hydrogens (primary N) is 1. The van der Waals surface area contributed by atoms with Crippen LogP contribution in [0.25, 0.3) is 0 Å². The Morgan fingerprint density at radius 3 is 2.83 bits per heavy atom. The smallest absolute Gasteiger partial charge is 0.273 e. The number of carbonyl (C=O) groups excluding carboxylic acids is 1. The van der Waals surface area contributed by atoms with Gasteiger partial charge in [0.15, 0.2) is 0 Å². The van der Waals surface area contributed by atoms with Gasteiger partial charge < -0.3 is 15.5 Å². The standard InChI is InChI=1S/C12H20N4OS/c1-8-5-16(6-10(8)15(2)3)12(17)9-7-18-11(4-13)14-9/h7-8,10H,4-6,13H2,1-3H3. The molecule has 0 aliphatic carbocycles. The van der Waals surface area contributed by atoms with E-state index in [1.807, 2.05) is 4.90 Å². The Kier molecular flexibility index (Phi) is 3.99. The van der Waals surface area contributed by atoms with E-state index in [9.17, 15) is 4.79 Å². The van der Waals surface area contributed by atoms with Crippen molar-refractivity contribution in [2.75, 3.05) is 27.2 Å². The minimum absolute atomic E-state index is 0.0298. The molecule has 18 heavy (non-hydrogen) atoms. The van der Waals surface area contributed by atoms with Gasteiger partial charge in [-0.3, -0.25) is 4.79 Å². The highest BCUT2D eigenvalue weighted by atomic mass is 32.1. The summed E-state index contributed by atoms with van der Waals surface area (Å²) in [6, 6.07) is 0.432. The maximum atomic E-state index is 12.3. The maximum absolute atomic E-state index is 12.3. The van der Waals surface area contributed by atoms with Gasteiger partial charge in [0.1, 0.15) is 10.7 Å². The summed E-state index contributed by atoms with van der Waals surface area (Å²) >= 11 is 1.45. The fourth-order valence-electron chi connectivity index (χ4n) is 2.45. The summed E-state index contributed by atoms with van der Waals surface area (Å²) in [4.78, 5) is 20.6. The van der Waals surface area contributed by atoms with Gasteiger partial charge in [0.25, 0.3) is 5.91 Å². The molecule has 2 N–H and O–H groups in total. The van der Waals surface area contributed by atoms with Crippen molar-refractivity contribution >= 4 is 17.2 Å². The van der Waals surface area contributed by atoms with Crippen LogP contribution in [0.3, 0.4) is 0 Å². The summed E-state index contributed by atoms with van der Waals surface area (Å²) in [5.41, 5.74) is 6.05. The fraction of sp³-hybridized carbons (Fsp3) is 0.667. The van der Waals surface area contributed by atoms with Crippen molar-refractivity contribution in [3.63, 3.8) is 0 Å². The molecule has 2 unspecified atom stereocenters. The molecule has 0 bridgehead atoms. The molecule has 2 rings (SSSR count). The first-order valence-electron chi connectivity index (χ1n) is 6.13. The van der Waals surface area contributed by atoms with Crippen molar-refractivity contribution in [3.05, 3.63) is 16.1 Å². The van der Waals surface area contributed by atoms with E-state index < -0.39 is 0 Å².